The third kappa shape index (κ3) is 7.90. The topological polar surface area (TPSA) is 78.5 Å². The van der Waals surface area contributed by atoms with Crippen LogP contribution in [0.1, 0.15) is 58.8 Å². The molecule has 0 radical (unpaired) electrons. The fourth-order valence-corrected chi connectivity index (χ4v) is 2.96. The summed E-state index contributed by atoms with van der Waals surface area (Å²) in [5.41, 5.74) is 0. The first kappa shape index (κ1) is 20.6. The van der Waals surface area contributed by atoms with E-state index in [-0.39, 0.29) is 30.1 Å². The van der Waals surface area contributed by atoms with Crippen LogP contribution in [0, 0.1) is 5.92 Å². The summed E-state index contributed by atoms with van der Waals surface area (Å²) in [5.74, 6) is 0.335. The second-order valence-electron chi connectivity index (χ2n) is 7.02. The van der Waals surface area contributed by atoms with Crippen molar-refractivity contribution in [1.82, 2.24) is 15.5 Å². The highest BCUT2D eigenvalue weighted by Crippen LogP contribution is 2.10. The number of Topliss-reactive ketones (excluding diaryl/α,β-unsaturated/α-hetero) is 1. The molecule has 1 aliphatic rings. The van der Waals surface area contributed by atoms with E-state index in [1.54, 1.807) is 11.9 Å². The zero-order valence-electron chi connectivity index (χ0n) is 15.4. The molecule has 0 aromatic rings. The van der Waals surface area contributed by atoms with E-state index in [4.69, 9.17) is 0 Å². The van der Waals surface area contributed by atoms with Crippen molar-refractivity contribution < 1.29 is 14.4 Å². The van der Waals surface area contributed by atoms with Gasteiger partial charge in [0.05, 0.1) is 12.5 Å². The number of hydrogen-bond acceptors (Lipinski definition) is 4. The number of likely N-dealkylation sites (N-methyl/N-ethyl adjacent to an activating group) is 1. The summed E-state index contributed by atoms with van der Waals surface area (Å²) in [5, 5.41) is 5.88. The Kier molecular flexibility index (Phi) is 9.60. The number of nitrogens with one attached hydrogen (secondary N) is 2. The molecule has 138 valence electrons. The van der Waals surface area contributed by atoms with E-state index in [0.29, 0.717) is 25.3 Å². The Morgan fingerprint density at radius 3 is 2.33 bits per heavy atom. The van der Waals surface area contributed by atoms with E-state index >= 15 is 0 Å². The number of rotatable bonds is 10. The lowest BCUT2D eigenvalue weighted by atomic mass is 10.0. The Labute approximate surface area is 145 Å². The largest absolute Gasteiger partial charge is 0.355 e. The molecule has 6 heteroatoms. The maximum atomic E-state index is 12.0. The number of carbonyl (C=O) groups is 3. The molecule has 1 atom stereocenters. The van der Waals surface area contributed by atoms with Crippen LogP contribution in [0.3, 0.4) is 0 Å². The molecule has 1 fully saturated rings. The summed E-state index contributed by atoms with van der Waals surface area (Å²) < 4.78 is 0. The number of piperidine rings is 1. The highest BCUT2D eigenvalue weighted by atomic mass is 16.2. The van der Waals surface area contributed by atoms with Gasteiger partial charge in [0, 0.05) is 26.1 Å². The Balaban J connectivity index is 2.18. The molecule has 6 nitrogen and oxygen atoms in total. The molecule has 24 heavy (non-hydrogen) atoms. The first-order valence-electron chi connectivity index (χ1n) is 9.18. The molecule has 0 aromatic carbocycles. The molecule has 2 amide bonds. The molecule has 0 aliphatic carbocycles. The van der Waals surface area contributed by atoms with Gasteiger partial charge in [0.15, 0.2) is 0 Å². The normalized spacial score (nSPS) is 16.1. The predicted molar refractivity (Wildman–Crippen MR) is 94.6 cm³/mol. The zero-order chi connectivity index (χ0) is 17.9. The maximum absolute atomic E-state index is 12.0. The van der Waals surface area contributed by atoms with Crippen molar-refractivity contribution >= 4 is 17.6 Å². The summed E-state index contributed by atoms with van der Waals surface area (Å²) in [7, 11) is 1.78. The Morgan fingerprint density at radius 2 is 1.75 bits per heavy atom. The molecule has 0 unspecified atom stereocenters. The van der Waals surface area contributed by atoms with Gasteiger partial charge in [-0.3, -0.25) is 14.4 Å². The number of amides is 2. The number of nitrogens with zero attached hydrogens (tertiary/aromatic N) is 1. The standard InChI is InChI=1S/C18H33N3O3/c1-14(2)12-16(19-3)18(24)20-9-7-8-15(22)13-17(23)21-10-5-4-6-11-21/h14,16,19H,4-13H2,1-3H3,(H,20,24)/t16-/m0/s1. The molecule has 0 bridgehead atoms. The summed E-state index contributed by atoms with van der Waals surface area (Å²) in [6, 6.07) is -0.193. The van der Waals surface area contributed by atoms with E-state index in [2.05, 4.69) is 24.5 Å². The summed E-state index contributed by atoms with van der Waals surface area (Å²) in [4.78, 5) is 37.7. The molecule has 1 saturated heterocycles. The van der Waals surface area contributed by atoms with Crippen LogP contribution in [0.15, 0.2) is 0 Å². The van der Waals surface area contributed by atoms with Crippen LogP contribution in [0.5, 0.6) is 0 Å². The van der Waals surface area contributed by atoms with E-state index < -0.39 is 0 Å². The smallest absolute Gasteiger partial charge is 0.237 e. The van der Waals surface area contributed by atoms with Crippen LogP contribution < -0.4 is 10.6 Å². The fourth-order valence-electron chi connectivity index (χ4n) is 2.96. The van der Waals surface area contributed by atoms with E-state index in [0.717, 1.165) is 32.4 Å². The zero-order valence-corrected chi connectivity index (χ0v) is 15.4. The van der Waals surface area contributed by atoms with Gasteiger partial charge in [0.1, 0.15) is 5.78 Å². The summed E-state index contributed by atoms with van der Waals surface area (Å²) in [6.07, 6.45) is 4.95. The van der Waals surface area contributed by atoms with Gasteiger partial charge in [-0.1, -0.05) is 13.8 Å². The predicted octanol–water partition coefficient (Wildman–Crippen LogP) is 1.49. The number of ketones is 1. The molecule has 1 aliphatic heterocycles. The molecule has 0 spiro atoms. The van der Waals surface area contributed by atoms with Crippen molar-refractivity contribution in [2.24, 2.45) is 5.92 Å². The lowest BCUT2D eigenvalue weighted by Crippen LogP contribution is -2.43. The molecule has 0 aromatic heterocycles. The van der Waals surface area contributed by atoms with Gasteiger partial charge in [-0.2, -0.15) is 0 Å². The van der Waals surface area contributed by atoms with Crippen molar-refractivity contribution in [2.45, 2.75) is 64.8 Å². The molecular weight excluding hydrogens is 306 g/mol. The highest BCUT2D eigenvalue weighted by Gasteiger charge is 2.19. The van der Waals surface area contributed by atoms with Crippen LogP contribution in [0.4, 0.5) is 0 Å². The van der Waals surface area contributed by atoms with Crippen LogP contribution in [0.25, 0.3) is 0 Å². The van der Waals surface area contributed by atoms with E-state index in [1.165, 1.54) is 6.42 Å². The number of carbonyl (C=O) groups excluding carboxylic acids is 3. The first-order chi connectivity index (χ1) is 11.4. The highest BCUT2D eigenvalue weighted by molar-refractivity contribution is 5.98. The summed E-state index contributed by atoms with van der Waals surface area (Å²) in [6.45, 7) is 6.19. The van der Waals surface area contributed by atoms with Crippen LogP contribution >= 0.6 is 0 Å². The SMILES string of the molecule is CN[C@@H](CC(C)C)C(=O)NCCCC(=O)CC(=O)N1CCCCC1. The van der Waals surface area contributed by atoms with Crippen LogP contribution in [-0.4, -0.2) is 55.2 Å². The number of hydrogen-bond donors (Lipinski definition) is 2. The van der Waals surface area contributed by atoms with Crippen LogP contribution in [-0.2, 0) is 14.4 Å². The van der Waals surface area contributed by atoms with Gasteiger partial charge in [0.25, 0.3) is 0 Å². The quantitative estimate of drug-likeness (QED) is 0.467. The van der Waals surface area contributed by atoms with Crippen molar-refractivity contribution in [2.75, 3.05) is 26.7 Å². The number of likely N-dealkylation sites (tertiary alicyclic amines) is 1. The van der Waals surface area contributed by atoms with Crippen molar-refractivity contribution in [3.63, 3.8) is 0 Å². The molecule has 1 heterocycles. The van der Waals surface area contributed by atoms with Crippen molar-refractivity contribution in [3.8, 4) is 0 Å². The minimum Gasteiger partial charge on any atom is -0.355 e. The monoisotopic (exact) mass is 339 g/mol. The van der Waals surface area contributed by atoms with Gasteiger partial charge in [0.2, 0.25) is 11.8 Å². The average Bonchev–Trinajstić information content (AvgIpc) is 2.56. The maximum Gasteiger partial charge on any atom is 0.237 e. The lowest BCUT2D eigenvalue weighted by Gasteiger charge is -2.26. The van der Waals surface area contributed by atoms with Crippen molar-refractivity contribution in [3.05, 3.63) is 0 Å². The second-order valence-corrected chi connectivity index (χ2v) is 7.02. The first-order valence-corrected chi connectivity index (χ1v) is 9.18. The lowest BCUT2D eigenvalue weighted by molar-refractivity contribution is -0.136. The Hall–Kier alpha value is -1.43. The minimum atomic E-state index is -0.193. The molecule has 0 saturated carbocycles. The van der Waals surface area contributed by atoms with Crippen LogP contribution in [0.2, 0.25) is 0 Å². The van der Waals surface area contributed by atoms with Gasteiger partial charge in [-0.25, -0.2) is 0 Å². The van der Waals surface area contributed by atoms with E-state index in [9.17, 15) is 14.4 Å². The summed E-state index contributed by atoms with van der Waals surface area (Å²) >= 11 is 0. The third-order valence-corrected chi connectivity index (χ3v) is 4.36. The molecule has 2 N–H and O–H groups in total. The minimum absolute atomic E-state index is 0.000433. The molecular formula is C18H33N3O3. The Bertz CT molecular complexity index is 418. The third-order valence-electron chi connectivity index (χ3n) is 4.36. The second kappa shape index (κ2) is 11.2. The average molecular weight is 339 g/mol. The van der Waals surface area contributed by atoms with Gasteiger partial charge < -0.3 is 15.5 Å². The molecule has 1 rings (SSSR count). The van der Waals surface area contributed by atoms with Gasteiger partial charge >= 0.3 is 0 Å². The fraction of sp³-hybridized carbons (Fsp3) is 0.833. The van der Waals surface area contributed by atoms with Gasteiger partial charge in [-0.05, 0) is 45.1 Å². The Morgan fingerprint density at radius 1 is 1.08 bits per heavy atom. The van der Waals surface area contributed by atoms with Gasteiger partial charge in [-0.15, -0.1) is 0 Å². The van der Waals surface area contributed by atoms with E-state index in [1.807, 2.05) is 0 Å². The van der Waals surface area contributed by atoms with Crippen molar-refractivity contribution in [1.29, 1.82) is 0 Å².